The zero-order chi connectivity index (χ0) is 9.26. The third-order valence-corrected chi connectivity index (χ3v) is 2.36. The lowest BCUT2D eigenvalue weighted by Gasteiger charge is -2.21. The molecule has 1 aliphatic rings. The Hall–Kier alpha value is -1.32. The van der Waals surface area contributed by atoms with Gasteiger partial charge >= 0.3 is 5.97 Å². The Labute approximate surface area is 75.6 Å². The number of rotatable bonds is 3. The highest BCUT2D eigenvalue weighted by Gasteiger charge is 2.24. The van der Waals surface area contributed by atoms with Crippen molar-refractivity contribution in [2.45, 2.75) is 31.6 Å². The predicted octanol–water partition coefficient (Wildman–Crippen LogP) is 1.57. The topological polar surface area (TPSA) is 63.3 Å². The first-order chi connectivity index (χ1) is 6.25. The predicted molar refractivity (Wildman–Crippen MR) is 44.4 cm³/mol. The molecule has 0 saturated heterocycles. The summed E-state index contributed by atoms with van der Waals surface area (Å²) in [6, 6.07) is 0. The summed E-state index contributed by atoms with van der Waals surface area (Å²) in [6.45, 7) is 0. The maximum Gasteiger partial charge on any atom is 0.309 e. The SMILES string of the molecule is O=C(O)Cc1coc(C2CCC2)n1. The largest absolute Gasteiger partial charge is 0.481 e. The molecular formula is C9H11NO3. The Bertz CT molecular complexity index is 314. The fourth-order valence-electron chi connectivity index (χ4n) is 1.40. The number of carboxylic acids is 1. The molecule has 0 atom stereocenters. The van der Waals surface area contributed by atoms with Gasteiger partial charge in [0.1, 0.15) is 6.26 Å². The van der Waals surface area contributed by atoms with E-state index in [2.05, 4.69) is 4.98 Å². The highest BCUT2D eigenvalue weighted by molar-refractivity contribution is 5.69. The van der Waals surface area contributed by atoms with E-state index in [4.69, 9.17) is 9.52 Å². The molecule has 0 unspecified atom stereocenters. The molecule has 1 aromatic rings. The van der Waals surface area contributed by atoms with Gasteiger partial charge in [0.2, 0.25) is 0 Å². The van der Waals surface area contributed by atoms with Crippen LogP contribution >= 0.6 is 0 Å². The van der Waals surface area contributed by atoms with E-state index >= 15 is 0 Å². The van der Waals surface area contributed by atoms with Gasteiger partial charge < -0.3 is 9.52 Å². The molecule has 1 N–H and O–H groups in total. The van der Waals surface area contributed by atoms with Crippen molar-refractivity contribution < 1.29 is 14.3 Å². The molecule has 0 bridgehead atoms. The van der Waals surface area contributed by atoms with E-state index in [1.807, 2.05) is 0 Å². The summed E-state index contributed by atoms with van der Waals surface area (Å²) in [7, 11) is 0. The zero-order valence-corrected chi connectivity index (χ0v) is 7.19. The van der Waals surface area contributed by atoms with Crippen LogP contribution in [0.15, 0.2) is 10.7 Å². The molecule has 70 valence electrons. The van der Waals surface area contributed by atoms with Gasteiger partial charge in [0.15, 0.2) is 5.89 Å². The van der Waals surface area contributed by atoms with Crippen molar-refractivity contribution in [2.24, 2.45) is 0 Å². The second-order valence-corrected chi connectivity index (χ2v) is 3.38. The monoisotopic (exact) mass is 181 g/mol. The summed E-state index contributed by atoms with van der Waals surface area (Å²) < 4.78 is 5.20. The maximum absolute atomic E-state index is 10.3. The van der Waals surface area contributed by atoms with Crippen LogP contribution in [0.25, 0.3) is 0 Å². The van der Waals surface area contributed by atoms with Crippen LogP contribution in [-0.4, -0.2) is 16.1 Å². The lowest BCUT2D eigenvalue weighted by atomic mass is 9.85. The second kappa shape index (κ2) is 3.20. The Balaban J connectivity index is 2.04. The molecule has 0 amide bonds. The van der Waals surface area contributed by atoms with Crippen LogP contribution in [0.2, 0.25) is 0 Å². The molecule has 13 heavy (non-hydrogen) atoms. The molecule has 2 rings (SSSR count). The van der Waals surface area contributed by atoms with Crippen LogP contribution in [0, 0.1) is 0 Å². The van der Waals surface area contributed by atoms with E-state index in [9.17, 15) is 4.79 Å². The van der Waals surface area contributed by atoms with Gasteiger partial charge in [-0.2, -0.15) is 0 Å². The van der Waals surface area contributed by atoms with Gasteiger partial charge in [-0.05, 0) is 12.8 Å². The highest BCUT2D eigenvalue weighted by atomic mass is 16.4. The number of nitrogens with zero attached hydrogens (tertiary/aromatic N) is 1. The highest BCUT2D eigenvalue weighted by Crippen LogP contribution is 2.35. The molecule has 1 aromatic heterocycles. The molecule has 4 heteroatoms. The lowest BCUT2D eigenvalue weighted by molar-refractivity contribution is -0.136. The number of oxazole rings is 1. The van der Waals surface area contributed by atoms with Gasteiger partial charge in [0.05, 0.1) is 12.1 Å². The fraction of sp³-hybridized carbons (Fsp3) is 0.556. The molecule has 1 aliphatic carbocycles. The number of aromatic nitrogens is 1. The number of hydrogen-bond donors (Lipinski definition) is 1. The Morgan fingerprint density at radius 3 is 3.00 bits per heavy atom. The van der Waals surface area contributed by atoms with E-state index in [0.29, 0.717) is 17.5 Å². The van der Waals surface area contributed by atoms with Crippen molar-refractivity contribution >= 4 is 5.97 Å². The molecular weight excluding hydrogens is 170 g/mol. The van der Waals surface area contributed by atoms with Crippen LogP contribution in [-0.2, 0) is 11.2 Å². The van der Waals surface area contributed by atoms with Crippen molar-refractivity contribution in [2.75, 3.05) is 0 Å². The molecule has 0 spiro atoms. The number of hydrogen-bond acceptors (Lipinski definition) is 3. The molecule has 1 saturated carbocycles. The number of carbonyl (C=O) groups is 1. The van der Waals surface area contributed by atoms with Gasteiger partial charge in [-0.15, -0.1) is 0 Å². The van der Waals surface area contributed by atoms with Crippen molar-refractivity contribution in [3.8, 4) is 0 Å². The molecule has 1 fully saturated rings. The zero-order valence-electron chi connectivity index (χ0n) is 7.19. The molecule has 1 heterocycles. The van der Waals surface area contributed by atoms with Gasteiger partial charge in [-0.3, -0.25) is 4.79 Å². The third-order valence-electron chi connectivity index (χ3n) is 2.36. The van der Waals surface area contributed by atoms with Crippen LogP contribution in [0.3, 0.4) is 0 Å². The smallest absolute Gasteiger partial charge is 0.309 e. The summed E-state index contributed by atoms with van der Waals surface area (Å²) >= 11 is 0. The second-order valence-electron chi connectivity index (χ2n) is 3.38. The van der Waals surface area contributed by atoms with E-state index < -0.39 is 5.97 Å². The van der Waals surface area contributed by atoms with Crippen molar-refractivity contribution in [1.82, 2.24) is 4.98 Å². The van der Waals surface area contributed by atoms with Crippen LogP contribution in [0.4, 0.5) is 0 Å². The Morgan fingerprint density at radius 1 is 1.69 bits per heavy atom. The Morgan fingerprint density at radius 2 is 2.46 bits per heavy atom. The summed E-state index contributed by atoms with van der Waals surface area (Å²) in [5.74, 6) is 0.276. The summed E-state index contributed by atoms with van der Waals surface area (Å²) in [5, 5.41) is 8.50. The molecule has 0 aromatic carbocycles. The van der Waals surface area contributed by atoms with Crippen LogP contribution in [0.5, 0.6) is 0 Å². The third kappa shape index (κ3) is 1.71. The number of aliphatic carboxylic acids is 1. The van der Waals surface area contributed by atoms with Gasteiger partial charge in [0.25, 0.3) is 0 Å². The first-order valence-electron chi connectivity index (χ1n) is 4.42. The summed E-state index contributed by atoms with van der Waals surface area (Å²) in [5.41, 5.74) is 0.523. The fourth-order valence-corrected chi connectivity index (χ4v) is 1.40. The Kier molecular flexibility index (Phi) is 2.04. The van der Waals surface area contributed by atoms with E-state index in [0.717, 1.165) is 12.8 Å². The first-order valence-corrected chi connectivity index (χ1v) is 4.42. The molecule has 0 radical (unpaired) electrons. The lowest BCUT2D eigenvalue weighted by Crippen LogP contribution is -2.09. The quantitative estimate of drug-likeness (QED) is 0.768. The average molecular weight is 181 g/mol. The van der Waals surface area contributed by atoms with E-state index in [1.54, 1.807) is 0 Å². The maximum atomic E-state index is 10.3. The average Bonchev–Trinajstić information content (AvgIpc) is 2.31. The van der Waals surface area contributed by atoms with Gasteiger partial charge in [0, 0.05) is 5.92 Å². The first kappa shape index (κ1) is 8.29. The van der Waals surface area contributed by atoms with Gasteiger partial charge in [-0.25, -0.2) is 4.98 Å². The van der Waals surface area contributed by atoms with E-state index in [-0.39, 0.29) is 6.42 Å². The van der Waals surface area contributed by atoms with E-state index in [1.165, 1.54) is 12.7 Å². The normalized spacial score (nSPS) is 16.9. The minimum atomic E-state index is -0.867. The van der Waals surface area contributed by atoms with Crippen molar-refractivity contribution in [3.05, 3.63) is 17.8 Å². The van der Waals surface area contributed by atoms with Crippen molar-refractivity contribution in [1.29, 1.82) is 0 Å². The minimum Gasteiger partial charge on any atom is -0.481 e. The minimum absolute atomic E-state index is 0.0454. The molecule has 4 nitrogen and oxygen atoms in total. The van der Waals surface area contributed by atoms with Gasteiger partial charge in [-0.1, -0.05) is 6.42 Å². The molecule has 0 aliphatic heterocycles. The summed E-state index contributed by atoms with van der Waals surface area (Å²) in [4.78, 5) is 14.5. The van der Waals surface area contributed by atoms with Crippen LogP contribution < -0.4 is 0 Å². The number of carboxylic acid groups (broad SMARTS) is 1. The van der Waals surface area contributed by atoms with Crippen LogP contribution in [0.1, 0.15) is 36.8 Å². The summed E-state index contributed by atoms with van der Waals surface area (Å²) in [6.07, 6.45) is 4.86. The standard InChI is InChI=1S/C9H11NO3/c11-8(12)4-7-5-13-9(10-7)6-2-1-3-6/h5-6H,1-4H2,(H,11,12). The van der Waals surface area contributed by atoms with Crippen molar-refractivity contribution in [3.63, 3.8) is 0 Å².